The van der Waals surface area contributed by atoms with Crippen molar-refractivity contribution < 1.29 is 28.6 Å². The van der Waals surface area contributed by atoms with Crippen molar-refractivity contribution in [2.45, 2.75) is 79.1 Å². The highest BCUT2D eigenvalue weighted by atomic mass is 31.2. The maximum atomic E-state index is 11.6. The van der Waals surface area contributed by atoms with E-state index in [1.54, 1.807) is 0 Å². The highest BCUT2D eigenvalue weighted by molar-refractivity contribution is 7.47. The fourth-order valence-corrected chi connectivity index (χ4v) is 2.61. The summed E-state index contributed by atoms with van der Waals surface area (Å²) in [6, 6.07) is 0. The molecule has 0 aromatic carbocycles. The molecule has 0 saturated heterocycles. The van der Waals surface area contributed by atoms with Crippen LogP contribution in [0.2, 0.25) is 0 Å². The first kappa shape index (κ1) is 23.0. The first-order valence-electron chi connectivity index (χ1n) is 8.94. The maximum Gasteiger partial charge on any atom is 0.526 e. The average molecular weight is 354 g/mol. The Labute approximate surface area is 141 Å². The van der Waals surface area contributed by atoms with Crippen LogP contribution in [0.3, 0.4) is 0 Å². The molecule has 0 heterocycles. The Bertz CT molecular complexity index is 287. The van der Waals surface area contributed by atoms with Crippen LogP contribution in [0.1, 0.15) is 79.1 Å². The minimum atomic E-state index is -4.32. The van der Waals surface area contributed by atoms with Gasteiger partial charge >= 0.3 is 7.82 Å². The summed E-state index contributed by atoms with van der Waals surface area (Å²) >= 11 is 0. The van der Waals surface area contributed by atoms with Gasteiger partial charge in [0.1, 0.15) is 0 Å². The smallest absolute Gasteiger partial charge is 0.299 e. The molecule has 0 aromatic heterocycles. The van der Waals surface area contributed by atoms with Crippen molar-refractivity contribution in [3.05, 3.63) is 0 Å². The molecule has 0 aromatic rings. The van der Waals surface area contributed by atoms with Crippen molar-refractivity contribution in [2.24, 2.45) is 11.8 Å². The average Bonchev–Trinajstić information content (AvgIpc) is 2.53. The van der Waals surface area contributed by atoms with Crippen molar-refractivity contribution in [1.82, 2.24) is 0 Å². The highest BCUT2D eigenvalue weighted by Crippen LogP contribution is 2.44. The summed E-state index contributed by atoms with van der Waals surface area (Å²) < 4.78 is 20.6. The SMILES string of the molecule is CCCCC(CC)COOP(=O)(O)OOCC(CC)CCCC. The summed E-state index contributed by atoms with van der Waals surface area (Å²) in [5, 5.41) is 0. The molecule has 6 nitrogen and oxygen atoms in total. The fraction of sp³-hybridized carbons (Fsp3) is 1.00. The van der Waals surface area contributed by atoms with Gasteiger partial charge < -0.3 is 0 Å². The van der Waals surface area contributed by atoms with Crippen LogP contribution in [0.5, 0.6) is 0 Å². The first-order valence-corrected chi connectivity index (χ1v) is 10.4. The monoisotopic (exact) mass is 354 g/mol. The van der Waals surface area contributed by atoms with Gasteiger partial charge in [-0.15, -0.1) is 9.35 Å². The predicted molar refractivity (Wildman–Crippen MR) is 90.5 cm³/mol. The van der Waals surface area contributed by atoms with Crippen molar-refractivity contribution in [1.29, 1.82) is 0 Å². The summed E-state index contributed by atoms with van der Waals surface area (Å²) in [5.74, 6) is 0.628. The molecule has 0 aliphatic carbocycles. The Morgan fingerprint density at radius 2 is 1.22 bits per heavy atom. The lowest BCUT2D eigenvalue weighted by atomic mass is 10.0. The topological polar surface area (TPSA) is 74.2 Å². The second-order valence-corrected chi connectivity index (χ2v) is 7.25. The molecule has 2 atom stereocenters. The van der Waals surface area contributed by atoms with E-state index in [2.05, 4.69) is 37.0 Å². The van der Waals surface area contributed by atoms with Crippen LogP contribution in [0, 0.1) is 11.8 Å². The summed E-state index contributed by atoms with van der Waals surface area (Å²) in [5.41, 5.74) is 0. The van der Waals surface area contributed by atoms with Crippen LogP contribution >= 0.6 is 7.82 Å². The van der Waals surface area contributed by atoms with E-state index >= 15 is 0 Å². The fourth-order valence-electron chi connectivity index (χ4n) is 2.20. The van der Waals surface area contributed by atoms with Gasteiger partial charge in [0.05, 0.1) is 13.2 Å². The maximum absolute atomic E-state index is 11.6. The van der Waals surface area contributed by atoms with Crippen LogP contribution in [0.4, 0.5) is 0 Å². The normalized spacial score (nSPS) is 16.9. The van der Waals surface area contributed by atoms with Gasteiger partial charge in [-0.3, -0.25) is 4.89 Å². The van der Waals surface area contributed by atoms with Crippen molar-refractivity contribution in [3.8, 4) is 0 Å². The zero-order chi connectivity index (χ0) is 17.6. The third kappa shape index (κ3) is 13.0. The minimum absolute atomic E-state index is 0.276. The zero-order valence-corrected chi connectivity index (χ0v) is 16.1. The molecule has 0 saturated carbocycles. The predicted octanol–water partition coefficient (Wildman–Crippen LogP) is 5.42. The van der Waals surface area contributed by atoms with E-state index in [9.17, 15) is 9.46 Å². The largest absolute Gasteiger partial charge is 0.526 e. The first-order chi connectivity index (χ1) is 11.0. The minimum Gasteiger partial charge on any atom is -0.299 e. The summed E-state index contributed by atoms with van der Waals surface area (Å²) in [7, 11) is -4.32. The van der Waals surface area contributed by atoms with Gasteiger partial charge in [-0.2, -0.15) is 0 Å². The molecule has 0 aliphatic heterocycles. The van der Waals surface area contributed by atoms with Gasteiger partial charge in [-0.25, -0.2) is 14.3 Å². The van der Waals surface area contributed by atoms with Crippen LogP contribution < -0.4 is 0 Å². The summed E-state index contributed by atoms with van der Waals surface area (Å²) in [6.07, 6.45) is 8.34. The van der Waals surface area contributed by atoms with Crippen LogP contribution in [0.25, 0.3) is 0 Å². The second-order valence-electron chi connectivity index (χ2n) is 6.02. The number of rotatable bonds is 16. The Kier molecular flexibility index (Phi) is 14.4. The quantitative estimate of drug-likeness (QED) is 0.227. The third-order valence-corrected chi connectivity index (χ3v) is 4.58. The Morgan fingerprint density at radius 1 is 0.826 bits per heavy atom. The van der Waals surface area contributed by atoms with E-state index < -0.39 is 7.82 Å². The van der Waals surface area contributed by atoms with E-state index in [-0.39, 0.29) is 13.2 Å². The van der Waals surface area contributed by atoms with Crippen LogP contribution in [0.15, 0.2) is 0 Å². The Hall–Kier alpha value is 0.0300. The van der Waals surface area contributed by atoms with Crippen LogP contribution in [-0.2, 0) is 23.7 Å². The van der Waals surface area contributed by atoms with Gasteiger partial charge in [-0.05, 0) is 24.7 Å². The molecule has 0 rings (SSSR count). The summed E-state index contributed by atoms with van der Waals surface area (Å²) in [6.45, 7) is 8.92. The van der Waals surface area contributed by atoms with Crippen molar-refractivity contribution in [2.75, 3.05) is 13.2 Å². The van der Waals surface area contributed by atoms with Gasteiger partial charge in [0.25, 0.3) is 0 Å². The molecular weight excluding hydrogens is 319 g/mol. The van der Waals surface area contributed by atoms with Gasteiger partial charge in [0, 0.05) is 0 Å². The lowest BCUT2D eigenvalue weighted by molar-refractivity contribution is -0.286. The van der Waals surface area contributed by atoms with E-state index in [0.717, 1.165) is 51.4 Å². The molecule has 0 amide bonds. The molecule has 0 aliphatic rings. The molecule has 23 heavy (non-hydrogen) atoms. The highest BCUT2D eigenvalue weighted by Gasteiger charge is 2.25. The molecule has 1 N–H and O–H groups in total. The van der Waals surface area contributed by atoms with Gasteiger partial charge in [0.15, 0.2) is 0 Å². The number of phosphoric acid groups is 1. The Balaban J connectivity index is 3.92. The molecule has 7 heteroatoms. The van der Waals surface area contributed by atoms with Crippen molar-refractivity contribution >= 4 is 7.82 Å². The molecule has 0 radical (unpaired) electrons. The lowest BCUT2D eigenvalue weighted by Gasteiger charge is -2.16. The van der Waals surface area contributed by atoms with E-state index in [4.69, 9.17) is 9.78 Å². The number of hydrogen-bond acceptors (Lipinski definition) is 5. The molecule has 140 valence electrons. The van der Waals surface area contributed by atoms with E-state index in [0.29, 0.717) is 11.8 Å². The third-order valence-electron chi connectivity index (χ3n) is 3.99. The van der Waals surface area contributed by atoms with E-state index in [1.807, 2.05) is 0 Å². The lowest BCUT2D eigenvalue weighted by Crippen LogP contribution is -2.11. The number of unbranched alkanes of at least 4 members (excludes halogenated alkanes) is 2. The van der Waals surface area contributed by atoms with Crippen molar-refractivity contribution in [3.63, 3.8) is 0 Å². The molecule has 0 fully saturated rings. The molecule has 0 bridgehead atoms. The zero-order valence-electron chi connectivity index (χ0n) is 15.2. The van der Waals surface area contributed by atoms with E-state index in [1.165, 1.54) is 0 Å². The Morgan fingerprint density at radius 3 is 1.52 bits per heavy atom. The number of hydrogen-bond donors (Lipinski definition) is 1. The molecule has 0 spiro atoms. The van der Waals surface area contributed by atoms with Crippen LogP contribution in [-0.4, -0.2) is 18.1 Å². The van der Waals surface area contributed by atoms with Gasteiger partial charge in [0.2, 0.25) is 0 Å². The standard InChI is InChI=1S/C16H35O6P/c1-5-9-11-15(7-3)13-19-21-23(17,18)22-20-14-16(8-4)12-10-6-2/h15-16H,5-14H2,1-4H3,(H,17,18). The molecular formula is C16H35O6P. The van der Waals surface area contributed by atoms with Gasteiger partial charge in [-0.1, -0.05) is 66.2 Å². The molecule has 2 unspecified atom stereocenters. The second kappa shape index (κ2) is 14.4. The summed E-state index contributed by atoms with van der Waals surface area (Å²) in [4.78, 5) is 19.3.